The van der Waals surface area contributed by atoms with Gasteiger partial charge in [-0.15, -0.1) is 0 Å². The van der Waals surface area contributed by atoms with Gasteiger partial charge in [-0.05, 0) is 19.9 Å². The molecule has 0 rings (SSSR count). The van der Waals surface area contributed by atoms with Gasteiger partial charge in [0.1, 0.15) is 0 Å². The van der Waals surface area contributed by atoms with Gasteiger partial charge in [-0.1, -0.05) is 0 Å². The Morgan fingerprint density at radius 1 is 1.33 bits per heavy atom. The van der Waals surface area contributed by atoms with Crippen LogP contribution in [0, 0.1) is 0 Å². The smallest absolute Gasteiger partial charge is 0.334 e. The van der Waals surface area contributed by atoms with E-state index in [1.54, 1.807) is 13.8 Å². The first kappa shape index (κ1) is 11.7. The van der Waals surface area contributed by atoms with E-state index in [9.17, 15) is 4.57 Å². The second-order valence-corrected chi connectivity index (χ2v) is 4.12. The van der Waals surface area contributed by atoms with Crippen molar-refractivity contribution >= 4 is 7.60 Å². The number of aliphatic hydroxyl groups excluding tert-OH is 1. The molecular weight excluding hydrogens is 179 g/mol. The molecule has 0 aliphatic heterocycles. The summed E-state index contributed by atoms with van der Waals surface area (Å²) in [5.41, 5.74) is 0. The van der Waals surface area contributed by atoms with E-state index in [-0.39, 0.29) is 6.16 Å². The van der Waals surface area contributed by atoms with Gasteiger partial charge in [0.15, 0.2) is 0 Å². The summed E-state index contributed by atoms with van der Waals surface area (Å²) in [6, 6.07) is 0. The van der Waals surface area contributed by atoms with E-state index in [2.05, 4.69) is 0 Å². The van der Waals surface area contributed by atoms with Crippen LogP contribution >= 0.6 is 7.60 Å². The highest BCUT2D eigenvalue weighted by molar-refractivity contribution is 7.54. The van der Waals surface area contributed by atoms with E-state index in [0.29, 0.717) is 13.2 Å². The Balaban J connectivity index is 4.08. The topological polar surface area (TPSA) is 55.8 Å². The fraction of sp³-hybridized carbons (Fsp3) is 0.714. The maximum atomic E-state index is 11.6. The fourth-order valence-electron chi connectivity index (χ4n) is 0.712. The highest BCUT2D eigenvalue weighted by Crippen LogP contribution is 2.47. The van der Waals surface area contributed by atoms with Crippen molar-refractivity contribution in [1.29, 1.82) is 0 Å². The summed E-state index contributed by atoms with van der Waals surface area (Å²) < 4.78 is 21.5. The summed E-state index contributed by atoms with van der Waals surface area (Å²) in [4.78, 5) is 0. The minimum Gasteiger partial charge on any atom is -0.516 e. The molecule has 0 saturated carbocycles. The minimum atomic E-state index is -2.98. The first-order chi connectivity index (χ1) is 5.68. The second-order valence-electron chi connectivity index (χ2n) is 2.01. The summed E-state index contributed by atoms with van der Waals surface area (Å²) >= 11 is 0. The second kappa shape index (κ2) is 6.23. The van der Waals surface area contributed by atoms with Crippen molar-refractivity contribution in [2.75, 3.05) is 19.4 Å². The average molecular weight is 194 g/mol. The fourth-order valence-corrected chi connectivity index (χ4v) is 2.14. The van der Waals surface area contributed by atoms with Crippen molar-refractivity contribution in [2.24, 2.45) is 0 Å². The molecule has 0 fully saturated rings. The molecule has 0 amide bonds. The molecular formula is C7H15O4P. The number of rotatable bonds is 6. The van der Waals surface area contributed by atoms with E-state index < -0.39 is 7.60 Å². The summed E-state index contributed by atoms with van der Waals surface area (Å²) in [5, 5.41) is 8.35. The Kier molecular flexibility index (Phi) is 6.07. The lowest BCUT2D eigenvalue weighted by Gasteiger charge is -2.14. The van der Waals surface area contributed by atoms with Crippen molar-refractivity contribution in [1.82, 2.24) is 0 Å². The summed E-state index contributed by atoms with van der Waals surface area (Å²) in [6.45, 7) is 4.18. The monoisotopic (exact) mass is 194 g/mol. The molecule has 0 aromatic carbocycles. The lowest BCUT2D eigenvalue weighted by molar-refractivity contribution is 0.222. The predicted octanol–water partition coefficient (Wildman–Crippen LogP) is 2.32. The van der Waals surface area contributed by atoms with Crippen molar-refractivity contribution in [3.8, 4) is 0 Å². The quantitative estimate of drug-likeness (QED) is 0.520. The number of allylic oxidation sites excluding steroid dienone is 1. The van der Waals surface area contributed by atoms with Crippen LogP contribution < -0.4 is 0 Å². The summed E-state index contributed by atoms with van der Waals surface area (Å²) in [7, 11) is -2.98. The molecule has 5 heteroatoms. The van der Waals surface area contributed by atoms with Gasteiger partial charge < -0.3 is 14.2 Å². The molecule has 0 aliphatic carbocycles. The van der Waals surface area contributed by atoms with Crippen molar-refractivity contribution < 1.29 is 18.7 Å². The van der Waals surface area contributed by atoms with E-state index in [1.165, 1.54) is 6.08 Å². The largest absolute Gasteiger partial charge is 0.516 e. The van der Waals surface area contributed by atoms with Crippen LogP contribution in [0.25, 0.3) is 0 Å². The van der Waals surface area contributed by atoms with Crippen LogP contribution in [0.3, 0.4) is 0 Å². The van der Waals surface area contributed by atoms with E-state index in [0.717, 1.165) is 6.26 Å². The molecule has 0 saturated heterocycles. The Morgan fingerprint density at radius 2 is 1.83 bits per heavy atom. The molecule has 0 aliphatic rings. The van der Waals surface area contributed by atoms with Crippen molar-refractivity contribution in [3.63, 3.8) is 0 Å². The SMILES string of the molecule is CCOP(=O)(CC=CO)OCC. The van der Waals surface area contributed by atoms with Crippen molar-refractivity contribution in [3.05, 3.63) is 12.3 Å². The van der Waals surface area contributed by atoms with Gasteiger partial charge in [0.2, 0.25) is 0 Å². The molecule has 0 heterocycles. The van der Waals surface area contributed by atoms with E-state index in [4.69, 9.17) is 14.2 Å². The highest BCUT2D eigenvalue weighted by atomic mass is 31.2. The molecule has 0 spiro atoms. The third kappa shape index (κ3) is 4.54. The molecule has 0 aromatic rings. The van der Waals surface area contributed by atoms with E-state index in [1.807, 2.05) is 0 Å². The third-order valence-electron chi connectivity index (χ3n) is 1.09. The summed E-state index contributed by atoms with van der Waals surface area (Å²) in [6.07, 6.45) is 2.31. The number of hydrogen-bond donors (Lipinski definition) is 1. The molecule has 0 radical (unpaired) electrons. The molecule has 4 nitrogen and oxygen atoms in total. The van der Waals surface area contributed by atoms with Crippen LogP contribution in [0.2, 0.25) is 0 Å². The van der Waals surface area contributed by atoms with Crippen LogP contribution in [-0.4, -0.2) is 24.5 Å². The van der Waals surface area contributed by atoms with Crippen LogP contribution in [0.1, 0.15) is 13.8 Å². The van der Waals surface area contributed by atoms with Gasteiger partial charge in [0.05, 0.1) is 25.6 Å². The van der Waals surface area contributed by atoms with Crippen LogP contribution in [0.4, 0.5) is 0 Å². The zero-order chi connectivity index (χ0) is 9.45. The zero-order valence-electron chi connectivity index (χ0n) is 7.40. The standard InChI is InChI=1S/C7H15O4P/c1-3-10-12(9,11-4-2)7-5-6-8/h5-6,8H,3-4,7H2,1-2H3. The molecule has 1 N–H and O–H groups in total. The predicted molar refractivity (Wildman–Crippen MR) is 47.5 cm³/mol. The first-order valence-electron chi connectivity index (χ1n) is 3.86. The van der Waals surface area contributed by atoms with Gasteiger partial charge in [-0.3, -0.25) is 4.57 Å². The average Bonchev–Trinajstić information content (AvgIpc) is 2.02. The van der Waals surface area contributed by atoms with Crippen LogP contribution in [0.15, 0.2) is 12.3 Å². The molecule has 0 bridgehead atoms. The highest BCUT2D eigenvalue weighted by Gasteiger charge is 2.20. The Bertz CT molecular complexity index is 168. The number of hydrogen-bond acceptors (Lipinski definition) is 4. The maximum Gasteiger partial charge on any atom is 0.334 e. The Labute approximate surface area is 72.7 Å². The lowest BCUT2D eigenvalue weighted by atomic mass is 10.7. The first-order valence-corrected chi connectivity index (χ1v) is 5.58. The van der Waals surface area contributed by atoms with Gasteiger partial charge in [-0.2, -0.15) is 0 Å². The van der Waals surface area contributed by atoms with Gasteiger partial charge in [0, 0.05) is 0 Å². The maximum absolute atomic E-state index is 11.6. The van der Waals surface area contributed by atoms with E-state index >= 15 is 0 Å². The molecule has 0 aromatic heterocycles. The van der Waals surface area contributed by atoms with Crippen molar-refractivity contribution in [2.45, 2.75) is 13.8 Å². The van der Waals surface area contributed by atoms with Crippen LogP contribution in [-0.2, 0) is 13.6 Å². The molecule has 72 valence electrons. The normalized spacial score (nSPS) is 12.5. The van der Waals surface area contributed by atoms with Gasteiger partial charge >= 0.3 is 7.60 Å². The Morgan fingerprint density at radius 3 is 2.17 bits per heavy atom. The lowest BCUT2D eigenvalue weighted by Crippen LogP contribution is -1.98. The number of aliphatic hydroxyl groups is 1. The minimum absolute atomic E-state index is 0.116. The van der Waals surface area contributed by atoms with Crippen LogP contribution in [0.5, 0.6) is 0 Å². The Hall–Kier alpha value is -0.310. The molecule has 0 atom stereocenters. The third-order valence-corrected chi connectivity index (χ3v) is 3.05. The van der Waals surface area contributed by atoms with Gasteiger partial charge in [0.25, 0.3) is 0 Å². The van der Waals surface area contributed by atoms with Gasteiger partial charge in [-0.25, -0.2) is 0 Å². The zero-order valence-corrected chi connectivity index (χ0v) is 8.29. The molecule has 12 heavy (non-hydrogen) atoms. The molecule has 0 unspecified atom stereocenters. The summed E-state index contributed by atoms with van der Waals surface area (Å²) in [5.74, 6) is 0.